The van der Waals surface area contributed by atoms with Crippen molar-refractivity contribution in [2.75, 3.05) is 0 Å². The molecule has 8 heteroatoms. The van der Waals surface area contributed by atoms with Crippen molar-refractivity contribution in [3.05, 3.63) is 28.5 Å². The van der Waals surface area contributed by atoms with Gasteiger partial charge in [0.1, 0.15) is 0 Å². The van der Waals surface area contributed by atoms with Crippen molar-refractivity contribution >= 4 is 11.6 Å². The van der Waals surface area contributed by atoms with E-state index in [1.54, 1.807) is 0 Å². The third-order valence-electron chi connectivity index (χ3n) is 3.75. The molecule has 1 heterocycles. The number of nitrogens with two attached hydrogens (primary N) is 1. The van der Waals surface area contributed by atoms with Crippen LogP contribution in [0, 0.1) is 5.92 Å². The Balaban J connectivity index is 2.19. The van der Waals surface area contributed by atoms with Gasteiger partial charge in [-0.15, -0.1) is 0 Å². The highest BCUT2D eigenvalue weighted by Gasteiger charge is 2.39. The molecule has 1 saturated carbocycles. The van der Waals surface area contributed by atoms with Gasteiger partial charge in [0.2, 0.25) is 5.92 Å². The molecule has 1 atom stereocenters. The molecular weight excluding hydrogens is 315 g/mol. The van der Waals surface area contributed by atoms with Crippen LogP contribution >= 0.6 is 11.6 Å². The second-order valence-corrected chi connectivity index (χ2v) is 5.69. The molecule has 0 spiro atoms. The molecule has 0 saturated heterocycles. The van der Waals surface area contributed by atoms with E-state index in [1.807, 2.05) is 0 Å². The maximum atomic E-state index is 13.1. The maximum Gasteiger partial charge on any atom is 0.434 e. The van der Waals surface area contributed by atoms with Crippen LogP contribution in [0.1, 0.15) is 43.1 Å². The van der Waals surface area contributed by atoms with Crippen molar-refractivity contribution in [2.24, 2.45) is 11.7 Å². The summed E-state index contributed by atoms with van der Waals surface area (Å²) in [6.45, 7) is 0. The van der Waals surface area contributed by atoms with Gasteiger partial charge in [-0.05, 0) is 30.9 Å². The molecule has 1 aromatic heterocycles. The SMILES string of the molecule is NC(c1ccc(Cl)c(C(F)(F)F)n1)C1CCC(F)(F)CC1. The largest absolute Gasteiger partial charge is 0.434 e. The van der Waals surface area contributed by atoms with Crippen molar-refractivity contribution < 1.29 is 22.0 Å². The molecule has 2 N–H and O–H groups in total. The van der Waals surface area contributed by atoms with Crippen LogP contribution in [0.3, 0.4) is 0 Å². The van der Waals surface area contributed by atoms with Gasteiger partial charge < -0.3 is 5.73 Å². The predicted molar refractivity (Wildman–Crippen MR) is 68.1 cm³/mol. The van der Waals surface area contributed by atoms with E-state index < -0.39 is 28.9 Å². The Morgan fingerprint density at radius 1 is 1.24 bits per heavy atom. The van der Waals surface area contributed by atoms with Gasteiger partial charge in [0, 0.05) is 18.9 Å². The number of hydrogen-bond acceptors (Lipinski definition) is 2. The third kappa shape index (κ3) is 3.83. The molecule has 21 heavy (non-hydrogen) atoms. The smallest absolute Gasteiger partial charge is 0.322 e. The van der Waals surface area contributed by atoms with Gasteiger partial charge >= 0.3 is 6.18 Å². The first-order chi connectivity index (χ1) is 9.60. The van der Waals surface area contributed by atoms with Gasteiger partial charge in [0.15, 0.2) is 5.69 Å². The zero-order chi connectivity index (χ0) is 15.8. The van der Waals surface area contributed by atoms with E-state index in [-0.39, 0.29) is 37.3 Å². The summed E-state index contributed by atoms with van der Waals surface area (Å²) in [4.78, 5) is 3.49. The number of aromatic nitrogens is 1. The van der Waals surface area contributed by atoms with Gasteiger partial charge in [0.25, 0.3) is 0 Å². The molecule has 1 unspecified atom stereocenters. The fourth-order valence-corrected chi connectivity index (χ4v) is 2.72. The van der Waals surface area contributed by atoms with E-state index in [9.17, 15) is 22.0 Å². The first-order valence-corrected chi connectivity index (χ1v) is 6.85. The number of hydrogen-bond donors (Lipinski definition) is 1. The first kappa shape index (κ1) is 16.4. The lowest BCUT2D eigenvalue weighted by Gasteiger charge is -2.31. The van der Waals surface area contributed by atoms with Crippen molar-refractivity contribution in [3.63, 3.8) is 0 Å². The number of halogens is 6. The Morgan fingerprint density at radius 3 is 2.33 bits per heavy atom. The highest BCUT2D eigenvalue weighted by atomic mass is 35.5. The standard InChI is InChI=1S/C13H14ClF5N2/c14-8-1-2-9(21-11(8)13(17,18)19)10(20)7-3-5-12(15,16)6-4-7/h1-2,7,10H,3-6,20H2. The van der Waals surface area contributed by atoms with Crippen LogP contribution in [0.5, 0.6) is 0 Å². The van der Waals surface area contributed by atoms with Crippen molar-refractivity contribution in [2.45, 2.75) is 43.8 Å². The summed E-state index contributed by atoms with van der Waals surface area (Å²) in [7, 11) is 0. The zero-order valence-corrected chi connectivity index (χ0v) is 11.7. The van der Waals surface area contributed by atoms with Gasteiger partial charge in [-0.3, -0.25) is 0 Å². The summed E-state index contributed by atoms with van der Waals surface area (Å²) in [5.41, 5.74) is 4.74. The highest BCUT2D eigenvalue weighted by Crippen LogP contribution is 2.41. The molecule has 1 aliphatic rings. The first-order valence-electron chi connectivity index (χ1n) is 6.47. The molecule has 1 fully saturated rings. The topological polar surface area (TPSA) is 38.9 Å². The lowest BCUT2D eigenvalue weighted by molar-refractivity contribution is -0.141. The Morgan fingerprint density at radius 2 is 1.81 bits per heavy atom. The van der Waals surface area contributed by atoms with E-state index in [2.05, 4.69) is 4.98 Å². The minimum atomic E-state index is -4.67. The van der Waals surface area contributed by atoms with E-state index in [1.165, 1.54) is 6.07 Å². The Kier molecular flexibility index (Phi) is 4.44. The molecule has 0 aromatic carbocycles. The van der Waals surface area contributed by atoms with Gasteiger partial charge in [-0.2, -0.15) is 13.2 Å². The van der Waals surface area contributed by atoms with E-state index in [0.29, 0.717) is 0 Å². The van der Waals surface area contributed by atoms with Crippen LogP contribution in [0.4, 0.5) is 22.0 Å². The molecule has 118 valence electrons. The summed E-state index contributed by atoms with van der Waals surface area (Å²) in [6, 6.07) is 1.60. The average Bonchev–Trinajstić information content (AvgIpc) is 2.37. The molecule has 1 aromatic rings. The van der Waals surface area contributed by atoms with Crippen LogP contribution in [0.2, 0.25) is 5.02 Å². The average molecular weight is 329 g/mol. The second kappa shape index (κ2) is 5.68. The predicted octanol–water partition coefficient (Wildman–Crippen LogP) is 4.58. The van der Waals surface area contributed by atoms with Crippen molar-refractivity contribution in [1.29, 1.82) is 0 Å². The van der Waals surface area contributed by atoms with E-state index in [4.69, 9.17) is 17.3 Å². The van der Waals surface area contributed by atoms with E-state index >= 15 is 0 Å². The Labute approximate surface area is 123 Å². The lowest BCUT2D eigenvalue weighted by Crippen LogP contribution is -2.31. The number of pyridine rings is 1. The maximum absolute atomic E-state index is 13.1. The summed E-state index contributed by atoms with van der Waals surface area (Å²) >= 11 is 5.49. The van der Waals surface area contributed by atoms with Crippen LogP contribution in [0.15, 0.2) is 12.1 Å². The minimum absolute atomic E-state index is 0.0296. The quantitative estimate of drug-likeness (QED) is 0.807. The molecule has 2 rings (SSSR count). The minimum Gasteiger partial charge on any atom is -0.322 e. The molecule has 2 nitrogen and oxygen atoms in total. The Bertz CT molecular complexity index is 508. The summed E-state index contributed by atoms with van der Waals surface area (Å²) in [5.74, 6) is -3.01. The van der Waals surface area contributed by atoms with Crippen LogP contribution in [0.25, 0.3) is 0 Å². The Hall–Kier alpha value is -0.950. The monoisotopic (exact) mass is 328 g/mol. The van der Waals surface area contributed by atoms with Gasteiger partial charge in [-0.1, -0.05) is 11.6 Å². The van der Waals surface area contributed by atoms with Gasteiger partial charge in [0.05, 0.1) is 10.7 Å². The molecule has 1 aliphatic carbocycles. The summed E-state index contributed by atoms with van der Waals surface area (Å²) in [5, 5.41) is -0.506. The number of alkyl halides is 5. The fourth-order valence-electron chi connectivity index (χ4n) is 2.50. The van der Waals surface area contributed by atoms with Gasteiger partial charge in [-0.25, -0.2) is 13.8 Å². The van der Waals surface area contributed by atoms with E-state index in [0.717, 1.165) is 6.07 Å². The van der Waals surface area contributed by atoms with Crippen molar-refractivity contribution in [1.82, 2.24) is 4.98 Å². The molecule has 0 radical (unpaired) electrons. The van der Waals surface area contributed by atoms with Crippen LogP contribution < -0.4 is 5.73 Å². The fraction of sp³-hybridized carbons (Fsp3) is 0.615. The summed E-state index contributed by atoms with van der Waals surface area (Å²) < 4.78 is 64.4. The second-order valence-electron chi connectivity index (χ2n) is 5.28. The normalized spacial score (nSPS) is 21.3. The molecular formula is C13H14ClF5N2. The van der Waals surface area contributed by atoms with Crippen LogP contribution in [-0.4, -0.2) is 10.9 Å². The number of nitrogens with zero attached hydrogens (tertiary/aromatic N) is 1. The lowest BCUT2D eigenvalue weighted by atomic mass is 9.81. The highest BCUT2D eigenvalue weighted by molar-refractivity contribution is 6.31. The molecule has 0 aliphatic heterocycles. The summed E-state index contributed by atoms with van der Waals surface area (Å²) in [6.07, 6.45) is -4.94. The zero-order valence-electron chi connectivity index (χ0n) is 10.9. The molecule has 0 bridgehead atoms. The van der Waals surface area contributed by atoms with Crippen LogP contribution in [-0.2, 0) is 6.18 Å². The third-order valence-corrected chi connectivity index (χ3v) is 4.05. The van der Waals surface area contributed by atoms with Crippen molar-refractivity contribution in [3.8, 4) is 0 Å². The molecule has 0 amide bonds. The number of rotatable bonds is 2.